The van der Waals surface area contributed by atoms with Crippen LogP contribution in [0.1, 0.15) is 5.56 Å². The van der Waals surface area contributed by atoms with Crippen LogP contribution in [0.2, 0.25) is 0 Å². The average Bonchev–Trinajstić information content (AvgIpc) is 2.40. The number of halogens is 1. The summed E-state index contributed by atoms with van der Waals surface area (Å²) in [6, 6.07) is 5.33. The molecule has 0 aliphatic carbocycles. The number of phenols is 1. The molecule has 0 amide bonds. The molecular weight excluding hydrogens is 296 g/mol. The number of morpholine rings is 1. The molecule has 0 radical (unpaired) electrons. The number of hydrogen-bond donors (Lipinski definition) is 2. The van der Waals surface area contributed by atoms with E-state index in [0.29, 0.717) is 5.75 Å². The number of nitrogens with one attached hydrogen (secondary N) is 1. The summed E-state index contributed by atoms with van der Waals surface area (Å²) in [7, 11) is 0. The summed E-state index contributed by atoms with van der Waals surface area (Å²) < 4.78 is 6.34. The van der Waals surface area contributed by atoms with Crippen molar-refractivity contribution in [3.8, 4) is 5.75 Å². The molecule has 1 aliphatic rings. The monoisotopic (exact) mass is 314 g/mol. The zero-order valence-electron chi connectivity index (χ0n) is 10.4. The zero-order valence-corrected chi connectivity index (χ0v) is 11.9. The summed E-state index contributed by atoms with van der Waals surface area (Å²) in [6.45, 7) is 6.49. The largest absolute Gasteiger partial charge is 0.508 e. The van der Waals surface area contributed by atoms with E-state index >= 15 is 0 Å². The summed E-state index contributed by atoms with van der Waals surface area (Å²) in [5.41, 5.74) is 1.08. The van der Waals surface area contributed by atoms with Crippen LogP contribution < -0.4 is 5.32 Å². The predicted octanol–water partition coefficient (Wildman–Crippen LogP) is 1.58. The van der Waals surface area contributed by atoms with Crippen LogP contribution in [0.15, 0.2) is 22.7 Å². The summed E-state index contributed by atoms with van der Waals surface area (Å²) in [6.07, 6.45) is 0. The van der Waals surface area contributed by atoms with Crippen LogP contribution >= 0.6 is 15.9 Å². The molecule has 1 aromatic carbocycles. The van der Waals surface area contributed by atoms with Crippen molar-refractivity contribution in [2.45, 2.75) is 6.54 Å². The maximum atomic E-state index is 9.43. The molecule has 2 rings (SSSR count). The van der Waals surface area contributed by atoms with Crippen LogP contribution in [0.3, 0.4) is 0 Å². The Bertz CT molecular complexity index is 381. The van der Waals surface area contributed by atoms with E-state index < -0.39 is 0 Å². The molecule has 1 saturated heterocycles. The zero-order chi connectivity index (χ0) is 12.8. The lowest BCUT2D eigenvalue weighted by atomic mass is 10.2. The van der Waals surface area contributed by atoms with Gasteiger partial charge in [-0.15, -0.1) is 0 Å². The molecule has 2 N–H and O–H groups in total. The lowest BCUT2D eigenvalue weighted by molar-refractivity contribution is 0.0384. The minimum Gasteiger partial charge on any atom is -0.508 e. The molecule has 100 valence electrons. The summed E-state index contributed by atoms with van der Waals surface area (Å²) >= 11 is 3.48. The Morgan fingerprint density at radius 3 is 2.89 bits per heavy atom. The fraction of sp³-hybridized carbons (Fsp3) is 0.538. The minimum atomic E-state index is 0.308. The van der Waals surface area contributed by atoms with Crippen LogP contribution in [0.4, 0.5) is 0 Å². The Morgan fingerprint density at radius 2 is 2.11 bits per heavy atom. The number of rotatable bonds is 5. The van der Waals surface area contributed by atoms with Gasteiger partial charge in [-0.1, -0.05) is 15.9 Å². The Morgan fingerprint density at radius 1 is 1.33 bits per heavy atom. The lowest BCUT2D eigenvalue weighted by Crippen LogP contribution is -2.40. The maximum Gasteiger partial charge on any atom is 0.115 e. The molecule has 1 heterocycles. The van der Waals surface area contributed by atoms with Gasteiger partial charge in [-0.05, 0) is 23.8 Å². The van der Waals surface area contributed by atoms with Gasteiger partial charge in [0.05, 0.1) is 13.2 Å². The van der Waals surface area contributed by atoms with E-state index in [-0.39, 0.29) is 0 Å². The fourth-order valence-corrected chi connectivity index (χ4v) is 2.37. The molecule has 0 bridgehead atoms. The molecule has 4 nitrogen and oxygen atoms in total. The number of aromatic hydroxyl groups is 1. The molecule has 1 fully saturated rings. The van der Waals surface area contributed by atoms with Crippen LogP contribution in [0.25, 0.3) is 0 Å². The van der Waals surface area contributed by atoms with Crippen LogP contribution in [0, 0.1) is 0 Å². The van der Waals surface area contributed by atoms with Gasteiger partial charge in [-0.25, -0.2) is 0 Å². The van der Waals surface area contributed by atoms with Gasteiger partial charge in [0, 0.05) is 37.2 Å². The number of benzene rings is 1. The first kappa shape index (κ1) is 13.8. The molecule has 0 atom stereocenters. The summed E-state index contributed by atoms with van der Waals surface area (Å²) in [5, 5.41) is 12.8. The third kappa shape index (κ3) is 4.24. The van der Waals surface area contributed by atoms with Gasteiger partial charge < -0.3 is 15.2 Å². The lowest BCUT2D eigenvalue weighted by Gasteiger charge is -2.26. The molecule has 1 aliphatic heterocycles. The van der Waals surface area contributed by atoms with Crippen LogP contribution in [-0.4, -0.2) is 49.4 Å². The third-order valence-corrected chi connectivity index (χ3v) is 3.83. The van der Waals surface area contributed by atoms with Crippen LogP contribution in [-0.2, 0) is 11.3 Å². The highest BCUT2D eigenvalue weighted by Gasteiger charge is 2.09. The highest BCUT2D eigenvalue weighted by Crippen LogP contribution is 2.21. The van der Waals surface area contributed by atoms with Crippen LogP contribution in [0.5, 0.6) is 5.75 Å². The van der Waals surface area contributed by atoms with Gasteiger partial charge in [0.25, 0.3) is 0 Å². The van der Waals surface area contributed by atoms with E-state index in [2.05, 4.69) is 26.1 Å². The molecule has 0 saturated carbocycles. The number of phenolic OH excluding ortho intramolecular Hbond substituents is 1. The molecule has 18 heavy (non-hydrogen) atoms. The molecule has 0 unspecified atom stereocenters. The van der Waals surface area contributed by atoms with E-state index in [9.17, 15) is 5.11 Å². The average molecular weight is 315 g/mol. The van der Waals surface area contributed by atoms with Crippen molar-refractivity contribution < 1.29 is 9.84 Å². The first-order valence-corrected chi connectivity index (χ1v) is 7.03. The highest BCUT2D eigenvalue weighted by atomic mass is 79.9. The van der Waals surface area contributed by atoms with Gasteiger partial charge in [0.1, 0.15) is 5.75 Å². The van der Waals surface area contributed by atoms with Gasteiger partial charge in [0.2, 0.25) is 0 Å². The normalized spacial score (nSPS) is 16.9. The molecule has 5 heteroatoms. The van der Waals surface area contributed by atoms with E-state index in [1.807, 2.05) is 6.07 Å². The Hall–Kier alpha value is -0.620. The molecule has 0 spiro atoms. The highest BCUT2D eigenvalue weighted by molar-refractivity contribution is 9.10. The number of ether oxygens (including phenoxy) is 1. The Balaban J connectivity index is 1.69. The van der Waals surface area contributed by atoms with E-state index in [4.69, 9.17) is 4.74 Å². The third-order valence-electron chi connectivity index (χ3n) is 3.05. The van der Waals surface area contributed by atoms with Crippen molar-refractivity contribution in [2.24, 2.45) is 0 Å². The first-order chi connectivity index (χ1) is 8.75. The summed E-state index contributed by atoms with van der Waals surface area (Å²) in [4.78, 5) is 2.40. The van der Waals surface area contributed by atoms with Crippen molar-refractivity contribution in [3.05, 3.63) is 28.2 Å². The second-order valence-corrected chi connectivity index (χ2v) is 5.26. The second-order valence-electron chi connectivity index (χ2n) is 4.41. The first-order valence-electron chi connectivity index (χ1n) is 6.24. The predicted molar refractivity (Wildman–Crippen MR) is 74.8 cm³/mol. The Labute approximate surface area is 116 Å². The van der Waals surface area contributed by atoms with E-state index in [1.165, 1.54) is 0 Å². The van der Waals surface area contributed by atoms with Crippen molar-refractivity contribution in [2.75, 3.05) is 39.4 Å². The van der Waals surface area contributed by atoms with Crippen molar-refractivity contribution in [1.29, 1.82) is 0 Å². The minimum absolute atomic E-state index is 0.308. The molecule has 1 aromatic rings. The van der Waals surface area contributed by atoms with Gasteiger partial charge in [0.15, 0.2) is 0 Å². The Kier molecular flexibility index (Phi) is 5.44. The molecule has 0 aromatic heterocycles. The summed E-state index contributed by atoms with van der Waals surface area (Å²) in [5.74, 6) is 0.308. The molecular formula is C13H19BrN2O2. The van der Waals surface area contributed by atoms with Crippen molar-refractivity contribution in [3.63, 3.8) is 0 Å². The number of nitrogens with zero attached hydrogens (tertiary/aromatic N) is 1. The number of hydrogen-bond acceptors (Lipinski definition) is 4. The van der Waals surface area contributed by atoms with Crippen molar-refractivity contribution >= 4 is 15.9 Å². The fourth-order valence-electron chi connectivity index (χ4n) is 1.98. The van der Waals surface area contributed by atoms with Gasteiger partial charge in [-0.2, -0.15) is 0 Å². The van der Waals surface area contributed by atoms with E-state index in [0.717, 1.165) is 56.0 Å². The second kappa shape index (κ2) is 7.09. The van der Waals surface area contributed by atoms with Gasteiger partial charge in [-0.3, -0.25) is 4.90 Å². The topological polar surface area (TPSA) is 44.7 Å². The SMILES string of the molecule is Oc1ccc(Br)c(CNCCN2CCOCC2)c1. The maximum absolute atomic E-state index is 9.43. The smallest absolute Gasteiger partial charge is 0.115 e. The van der Waals surface area contributed by atoms with E-state index in [1.54, 1.807) is 12.1 Å². The standard InChI is InChI=1S/C13H19BrN2O2/c14-13-2-1-12(17)9-11(13)10-15-3-4-16-5-7-18-8-6-16/h1-2,9,15,17H,3-8,10H2. The quantitative estimate of drug-likeness (QED) is 0.810. The van der Waals surface area contributed by atoms with Gasteiger partial charge >= 0.3 is 0 Å². The van der Waals surface area contributed by atoms with Crippen molar-refractivity contribution in [1.82, 2.24) is 10.2 Å².